The number of piperazine rings is 1. The lowest BCUT2D eigenvalue weighted by molar-refractivity contribution is -0.0898. The third kappa shape index (κ3) is 4.43. The second-order valence-electron chi connectivity index (χ2n) is 5.26. The van der Waals surface area contributed by atoms with Gasteiger partial charge in [0, 0.05) is 19.6 Å². The minimum Gasteiger partial charge on any atom is -0.294 e. The highest BCUT2D eigenvalue weighted by molar-refractivity contribution is 4.81. The molecular weight excluding hydrogens is 198 g/mol. The van der Waals surface area contributed by atoms with E-state index in [1.54, 1.807) is 0 Å². The molecule has 1 rings (SSSR count). The summed E-state index contributed by atoms with van der Waals surface area (Å²) in [7, 11) is 0. The Morgan fingerprint density at radius 3 is 2.60 bits per heavy atom. The van der Waals surface area contributed by atoms with Gasteiger partial charge >= 0.3 is 6.05 Å². The van der Waals surface area contributed by atoms with E-state index >= 15 is 0 Å². The molecule has 1 fully saturated rings. The Balaban J connectivity index is 2.44. The maximum absolute atomic E-state index is 13.1. The van der Waals surface area contributed by atoms with Gasteiger partial charge in [-0.25, -0.2) is 0 Å². The Morgan fingerprint density at radius 2 is 2.07 bits per heavy atom. The first-order valence-electron chi connectivity index (χ1n) is 5.70. The molecule has 1 aliphatic rings. The van der Waals surface area contributed by atoms with E-state index in [2.05, 4.69) is 26.1 Å². The quantitative estimate of drug-likeness (QED) is 0.731. The lowest BCUT2D eigenvalue weighted by atomic mass is 9.87. The molecule has 0 unspecified atom stereocenters. The molecular formula is C11H22F2N2. The molecule has 2 nitrogen and oxygen atoms in total. The van der Waals surface area contributed by atoms with Gasteiger partial charge in [0.15, 0.2) is 0 Å². The van der Waals surface area contributed by atoms with E-state index in [0.29, 0.717) is 6.54 Å². The van der Waals surface area contributed by atoms with Crippen molar-refractivity contribution in [2.45, 2.75) is 39.7 Å². The van der Waals surface area contributed by atoms with Gasteiger partial charge in [-0.1, -0.05) is 27.2 Å². The predicted molar refractivity (Wildman–Crippen MR) is 58.1 cm³/mol. The van der Waals surface area contributed by atoms with Gasteiger partial charge in [0.25, 0.3) is 0 Å². The van der Waals surface area contributed by atoms with Crippen molar-refractivity contribution in [1.29, 1.82) is 0 Å². The van der Waals surface area contributed by atoms with Crippen molar-refractivity contribution in [2.24, 2.45) is 5.41 Å². The van der Waals surface area contributed by atoms with Crippen LogP contribution in [0.15, 0.2) is 0 Å². The first kappa shape index (κ1) is 12.8. The van der Waals surface area contributed by atoms with Gasteiger partial charge in [0.05, 0.1) is 6.54 Å². The minimum atomic E-state index is -2.71. The zero-order valence-corrected chi connectivity index (χ0v) is 9.95. The number of nitrogens with one attached hydrogen (secondary N) is 1. The number of hydrogen-bond acceptors (Lipinski definition) is 2. The molecule has 0 aromatic heterocycles. The molecule has 0 atom stereocenters. The molecule has 4 heteroatoms. The highest BCUT2D eigenvalue weighted by atomic mass is 19.3. The smallest absolute Gasteiger partial charge is 0.294 e. The van der Waals surface area contributed by atoms with Gasteiger partial charge in [-0.2, -0.15) is 8.78 Å². The molecule has 1 heterocycles. The molecule has 1 N–H and O–H groups in total. The summed E-state index contributed by atoms with van der Waals surface area (Å²) in [6.45, 7) is 8.15. The van der Waals surface area contributed by atoms with Crippen molar-refractivity contribution in [1.82, 2.24) is 10.2 Å². The van der Waals surface area contributed by atoms with Gasteiger partial charge in [-0.3, -0.25) is 10.2 Å². The number of rotatable bonds is 4. The van der Waals surface area contributed by atoms with Crippen molar-refractivity contribution in [2.75, 3.05) is 26.2 Å². The number of nitrogens with zero attached hydrogens (tertiary/aromatic N) is 1. The molecule has 0 aromatic rings. The summed E-state index contributed by atoms with van der Waals surface area (Å²) < 4.78 is 26.1. The standard InChI is InChI=1S/C11H22F2N2/c1-4-5-10(2,3)8-15-7-6-14-11(12,13)9-15/h14H,4-9H2,1-3H3. The van der Waals surface area contributed by atoms with Crippen LogP contribution in [-0.4, -0.2) is 37.1 Å². The SMILES string of the molecule is CCCC(C)(C)CN1CCNC(F)(F)C1. The van der Waals surface area contributed by atoms with Crippen LogP contribution in [0.2, 0.25) is 0 Å². The van der Waals surface area contributed by atoms with Gasteiger partial charge in [-0.15, -0.1) is 0 Å². The third-order valence-corrected chi connectivity index (χ3v) is 2.81. The van der Waals surface area contributed by atoms with Gasteiger partial charge in [-0.05, 0) is 11.8 Å². The monoisotopic (exact) mass is 220 g/mol. The van der Waals surface area contributed by atoms with Crippen LogP contribution in [-0.2, 0) is 0 Å². The predicted octanol–water partition coefficient (Wildman–Crippen LogP) is 2.31. The fraction of sp³-hybridized carbons (Fsp3) is 1.00. The Labute approximate surface area is 91.0 Å². The zero-order valence-electron chi connectivity index (χ0n) is 9.95. The topological polar surface area (TPSA) is 15.3 Å². The fourth-order valence-electron chi connectivity index (χ4n) is 2.31. The van der Waals surface area contributed by atoms with Crippen molar-refractivity contribution in [3.05, 3.63) is 0 Å². The molecule has 1 saturated heterocycles. The van der Waals surface area contributed by atoms with E-state index in [9.17, 15) is 8.78 Å². The lowest BCUT2D eigenvalue weighted by Crippen LogP contribution is -2.56. The molecule has 1 aliphatic heterocycles. The highest BCUT2D eigenvalue weighted by Crippen LogP contribution is 2.25. The summed E-state index contributed by atoms with van der Waals surface area (Å²) in [6.07, 6.45) is 2.19. The molecule has 0 radical (unpaired) electrons. The van der Waals surface area contributed by atoms with E-state index in [-0.39, 0.29) is 12.0 Å². The Bertz CT molecular complexity index is 205. The minimum absolute atomic E-state index is 0.141. The molecule has 0 saturated carbocycles. The summed E-state index contributed by atoms with van der Waals surface area (Å²) in [6, 6.07) is -2.71. The number of alkyl halides is 2. The van der Waals surface area contributed by atoms with Crippen molar-refractivity contribution < 1.29 is 8.78 Å². The summed E-state index contributed by atoms with van der Waals surface area (Å²) in [5.74, 6) is 0. The van der Waals surface area contributed by atoms with Crippen LogP contribution in [0.4, 0.5) is 8.78 Å². The average Bonchev–Trinajstić information content (AvgIpc) is 1.99. The summed E-state index contributed by atoms with van der Waals surface area (Å²) in [5, 5.41) is 2.23. The van der Waals surface area contributed by atoms with Gasteiger partial charge < -0.3 is 0 Å². The molecule has 0 amide bonds. The zero-order chi connectivity index (χ0) is 11.5. The van der Waals surface area contributed by atoms with Gasteiger partial charge in [0.1, 0.15) is 0 Å². The molecule has 15 heavy (non-hydrogen) atoms. The molecule has 0 spiro atoms. The molecule has 0 aliphatic carbocycles. The largest absolute Gasteiger partial charge is 0.315 e. The van der Waals surface area contributed by atoms with Gasteiger partial charge in [0.2, 0.25) is 0 Å². The van der Waals surface area contributed by atoms with E-state index in [0.717, 1.165) is 25.9 Å². The van der Waals surface area contributed by atoms with Crippen LogP contribution in [0.25, 0.3) is 0 Å². The lowest BCUT2D eigenvalue weighted by Gasteiger charge is -2.38. The Morgan fingerprint density at radius 1 is 1.40 bits per heavy atom. The van der Waals surface area contributed by atoms with Crippen LogP contribution < -0.4 is 5.32 Å². The first-order valence-corrected chi connectivity index (χ1v) is 5.70. The molecule has 0 bridgehead atoms. The Hall–Kier alpha value is -0.220. The maximum atomic E-state index is 13.1. The van der Waals surface area contributed by atoms with E-state index in [1.165, 1.54) is 0 Å². The number of hydrogen-bond donors (Lipinski definition) is 1. The van der Waals surface area contributed by atoms with E-state index in [1.807, 2.05) is 4.90 Å². The highest BCUT2D eigenvalue weighted by Gasteiger charge is 2.36. The van der Waals surface area contributed by atoms with Crippen LogP contribution in [0.3, 0.4) is 0 Å². The van der Waals surface area contributed by atoms with Crippen molar-refractivity contribution in [3.8, 4) is 0 Å². The third-order valence-electron chi connectivity index (χ3n) is 2.81. The molecule has 0 aromatic carbocycles. The Kier molecular flexibility index (Phi) is 4.06. The van der Waals surface area contributed by atoms with Crippen LogP contribution in [0, 0.1) is 5.41 Å². The second kappa shape index (κ2) is 4.74. The number of halogens is 2. The van der Waals surface area contributed by atoms with Crippen molar-refractivity contribution in [3.63, 3.8) is 0 Å². The van der Waals surface area contributed by atoms with Crippen LogP contribution in [0.1, 0.15) is 33.6 Å². The van der Waals surface area contributed by atoms with E-state index in [4.69, 9.17) is 0 Å². The average molecular weight is 220 g/mol. The van der Waals surface area contributed by atoms with Crippen molar-refractivity contribution >= 4 is 0 Å². The second-order valence-corrected chi connectivity index (χ2v) is 5.26. The summed E-state index contributed by atoms with van der Waals surface area (Å²) in [4.78, 5) is 1.87. The van der Waals surface area contributed by atoms with E-state index < -0.39 is 6.05 Å². The maximum Gasteiger partial charge on any atom is 0.315 e. The normalized spacial score (nSPS) is 23.0. The summed E-state index contributed by atoms with van der Waals surface area (Å²) in [5.41, 5.74) is 0.141. The van der Waals surface area contributed by atoms with Crippen LogP contribution >= 0.6 is 0 Å². The molecule has 90 valence electrons. The summed E-state index contributed by atoms with van der Waals surface area (Å²) >= 11 is 0. The van der Waals surface area contributed by atoms with Crippen LogP contribution in [0.5, 0.6) is 0 Å². The fourth-order valence-corrected chi connectivity index (χ4v) is 2.31. The first-order chi connectivity index (χ1) is 6.85.